The summed E-state index contributed by atoms with van der Waals surface area (Å²) in [6.45, 7) is 2.65. The number of hydrogen-bond acceptors (Lipinski definition) is 5. The molecule has 1 aromatic carbocycles. The molecule has 2 N–H and O–H groups in total. The van der Waals surface area contributed by atoms with E-state index in [9.17, 15) is 4.79 Å². The molecule has 1 amide bonds. The predicted octanol–water partition coefficient (Wildman–Crippen LogP) is 2.23. The lowest BCUT2D eigenvalue weighted by atomic mass is 9.98. The zero-order valence-electron chi connectivity index (χ0n) is 14.2. The van der Waals surface area contributed by atoms with Gasteiger partial charge in [0.1, 0.15) is 5.82 Å². The van der Waals surface area contributed by atoms with Crippen LogP contribution in [0.15, 0.2) is 36.8 Å². The highest BCUT2D eigenvalue weighted by Gasteiger charge is 2.24. The fourth-order valence-electron chi connectivity index (χ4n) is 3.72. The van der Waals surface area contributed by atoms with Crippen LogP contribution in [0.3, 0.4) is 0 Å². The molecule has 1 fully saturated rings. The molecule has 6 heteroatoms. The van der Waals surface area contributed by atoms with E-state index in [1.54, 1.807) is 18.6 Å². The number of carbonyl (C=O) groups excluding carboxylic acids is 1. The van der Waals surface area contributed by atoms with Crippen LogP contribution in [0.25, 0.3) is 0 Å². The number of anilines is 2. The maximum absolute atomic E-state index is 12.8. The molecule has 25 heavy (non-hydrogen) atoms. The first-order chi connectivity index (χ1) is 12.3. The van der Waals surface area contributed by atoms with E-state index in [2.05, 4.69) is 31.6 Å². The summed E-state index contributed by atoms with van der Waals surface area (Å²) in [5.74, 6) is 0.887. The van der Waals surface area contributed by atoms with Gasteiger partial charge in [0.2, 0.25) is 0 Å². The van der Waals surface area contributed by atoms with Crippen molar-refractivity contribution in [2.45, 2.75) is 31.7 Å². The number of hydrogen-bond donors (Lipinski definition) is 2. The van der Waals surface area contributed by atoms with Crippen molar-refractivity contribution in [1.29, 1.82) is 0 Å². The number of nitrogens with one attached hydrogen (secondary N) is 2. The van der Waals surface area contributed by atoms with Crippen LogP contribution in [0.2, 0.25) is 0 Å². The minimum absolute atomic E-state index is 0.0113. The number of nitrogens with zero attached hydrogens (tertiary/aromatic N) is 3. The topological polar surface area (TPSA) is 70.2 Å². The SMILES string of the molecule is O=C(NC1CCCN(c2cnccn2)C1)c1cccc2c1NCCC2. The second-order valence-electron chi connectivity index (χ2n) is 6.69. The largest absolute Gasteiger partial charge is 0.384 e. The van der Waals surface area contributed by atoms with Crippen LogP contribution in [0, 0.1) is 0 Å². The fourth-order valence-corrected chi connectivity index (χ4v) is 3.72. The van der Waals surface area contributed by atoms with E-state index in [-0.39, 0.29) is 11.9 Å². The number of aryl methyl sites for hydroxylation is 1. The molecule has 3 heterocycles. The Morgan fingerprint density at radius 3 is 3.12 bits per heavy atom. The van der Waals surface area contributed by atoms with Crippen molar-refractivity contribution >= 4 is 17.4 Å². The Kier molecular flexibility index (Phi) is 4.50. The molecule has 2 aliphatic rings. The van der Waals surface area contributed by atoms with Gasteiger partial charge in [0.25, 0.3) is 5.91 Å². The molecule has 0 saturated carbocycles. The number of benzene rings is 1. The van der Waals surface area contributed by atoms with E-state index in [0.29, 0.717) is 0 Å². The molecule has 1 aromatic heterocycles. The van der Waals surface area contributed by atoms with E-state index in [0.717, 1.165) is 62.4 Å². The molecule has 0 bridgehead atoms. The standard InChI is InChI=1S/C19H23N5O/c25-19(16-7-1-4-14-5-2-8-22-18(14)16)23-15-6-3-11-24(13-15)17-12-20-9-10-21-17/h1,4,7,9-10,12,15,22H,2-3,5-6,8,11,13H2,(H,23,25). The summed E-state index contributed by atoms with van der Waals surface area (Å²) in [4.78, 5) is 23.5. The highest BCUT2D eigenvalue weighted by Crippen LogP contribution is 2.26. The summed E-state index contributed by atoms with van der Waals surface area (Å²) in [7, 11) is 0. The van der Waals surface area contributed by atoms with Gasteiger partial charge in [0.05, 0.1) is 17.4 Å². The van der Waals surface area contributed by atoms with Crippen molar-refractivity contribution in [2.24, 2.45) is 0 Å². The molecule has 6 nitrogen and oxygen atoms in total. The van der Waals surface area contributed by atoms with Crippen LogP contribution in [-0.4, -0.2) is 41.6 Å². The Balaban J connectivity index is 1.46. The third-order valence-corrected chi connectivity index (χ3v) is 4.95. The van der Waals surface area contributed by atoms with Gasteiger partial charge in [-0.2, -0.15) is 0 Å². The van der Waals surface area contributed by atoms with Crippen LogP contribution in [0.5, 0.6) is 0 Å². The number of amides is 1. The van der Waals surface area contributed by atoms with Gasteiger partial charge in [0.15, 0.2) is 0 Å². The first-order valence-electron chi connectivity index (χ1n) is 8.99. The third kappa shape index (κ3) is 3.43. The summed E-state index contributed by atoms with van der Waals surface area (Å²) in [5, 5.41) is 6.61. The third-order valence-electron chi connectivity index (χ3n) is 4.95. The maximum Gasteiger partial charge on any atom is 0.253 e. The molecule has 1 unspecified atom stereocenters. The van der Waals surface area contributed by atoms with Crippen molar-refractivity contribution < 1.29 is 4.79 Å². The summed E-state index contributed by atoms with van der Waals surface area (Å²) in [5.41, 5.74) is 3.00. The van der Waals surface area contributed by atoms with Gasteiger partial charge in [-0.05, 0) is 37.3 Å². The monoisotopic (exact) mass is 337 g/mol. The summed E-state index contributed by atoms with van der Waals surface area (Å²) in [6.07, 6.45) is 9.35. The minimum atomic E-state index is 0.0113. The average Bonchev–Trinajstić information content (AvgIpc) is 2.68. The lowest BCUT2D eigenvalue weighted by Gasteiger charge is -2.34. The van der Waals surface area contributed by atoms with Crippen molar-refractivity contribution in [2.75, 3.05) is 29.9 Å². The Labute approximate surface area is 147 Å². The molecule has 1 atom stereocenters. The number of piperidine rings is 1. The predicted molar refractivity (Wildman–Crippen MR) is 98.0 cm³/mol. The minimum Gasteiger partial charge on any atom is -0.384 e. The van der Waals surface area contributed by atoms with Gasteiger partial charge in [-0.25, -0.2) is 4.98 Å². The van der Waals surface area contributed by atoms with Crippen LogP contribution < -0.4 is 15.5 Å². The summed E-state index contributed by atoms with van der Waals surface area (Å²) >= 11 is 0. The number of rotatable bonds is 3. The summed E-state index contributed by atoms with van der Waals surface area (Å²) < 4.78 is 0. The zero-order chi connectivity index (χ0) is 17.1. The van der Waals surface area contributed by atoms with Gasteiger partial charge in [-0.15, -0.1) is 0 Å². The van der Waals surface area contributed by atoms with Gasteiger partial charge in [0, 0.05) is 38.1 Å². The summed E-state index contributed by atoms with van der Waals surface area (Å²) in [6, 6.07) is 6.13. The van der Waals surface area contributed by atoms with Gasteiger partial charge in [-0.1, -0.05) is 12.1 Å². The molecule has 2 aromatic rings. The molecule has 0 aliphatic carbocycles. The number of carbonyl (C=O) groups is 1. The van der Waals surface area contributed by atoms with Crippen molar-refractivity contribution in [3.63, 3.8) is 0 Å². The number of para-hydroxylation sites is 1. The van der Waals surface area contributed by atoms with Gasteiger partial charge < -0.3 is 15.5 Å². The van der Waals surface area contributed by atoms with Crippen molar-refractivity contribution in [3.8, 4) is 0 Å². The lowest BCUT2D eigenvalue weighted by Crippen LogP contribution is -2.48. The second kappa shape index (κ2) is 7.09. The van der Waals surface area contributed by atoms with Crippen LogP contribution in [0.4, 0.5) is 11.5 Å². The first kappa shape index (κ1) is 15.9. The van der Waals surface area contributed by atoms with E-state index in [1.807, 2.05) is 12.1 Å². The molecule has 130 valence electrons. The lowest BCUT2D eigenvalue weighted by molar-refractivity contribution is 0.0933. The van der Waals surface area contributed by atoms with Gasteiger partial charge in [-0.3, -0.25) is 9.78 Å². The van der Waals surface area contributed by atoms with E-state index in [1.165, 1.54) is 5.56 Å². The van der Waals surface area contributed by atoms with Crippen LogP contribution in [-0.2, 0) is 6.42 Å². The Hall–Kier alpha value is -2.63. The average molecular weight is 337 g/mol. The zero-order valence-corrected chi connectivity index (χ0v) is 14.2. The highest BCUT2D eigenvalue weighted by atomic mass is 16.1. The molecule has 0 radical (unpaired) electrons. The molecular formula is C19H23N5O. The van der Waals surface area contributed by atoms with E-state index < -0.39 is 0 Å². The highest BCUT2D eigenvalue weighted by molar-refractivity contribution is 6.00. The Morgan fingerprint density at radius 1 is 1.28 bits per heavy atom. The van der Waals surface area contributed by atoms with Crippen molar-refractivity contribution in [3.05, 3.63) is 47.9 Å². The second-order valence-corrected chi connectivity index (χ2v) is 6.69. The smallest absolute Gasteiger partial charge is 0.253 e. The van der Waals surface area contributed by atoms with E-state index >= 15 is 0 Å². The molecule has 0 spiro atoms. The maximum atomic E-state index is 12.8. The molecular weight excluding hydrogens is 314 g/mol. The van der Waals surface area contributed by atoms with Crippen LogP contribution in [0.1, 0.15) is 35.2 Å². The van der Waals surface area contributed by atoms with Crippen molar-refractivity contribution in [1.82, 2.24) is 15.3 Å². The molecule has 1 saturated heterocycles. The Morgan fingerprint density at radius 2 is 2.24 bits per heavy atom. The number of aromatic nitrogens is 2. The Bertz CT molecular complexity index is 749. The molecule has 2 aliphatic heterocycles. The quantitative estimate of drug-likeness (QED) is 0.899. The molecule has 4 rings (SSSR count). The fraction of sp³-hybridized carbons (Fsp3) is 0.421. The first-order valence-corrected chi connectivity index (χ1v) is 8.99. The van der Waals surface area contributed by atoms with E-state index in [4.69, 9.17) is 0 Å². The van der Waals surface area contributed by atoms with Gasteiger partial charge >= 0.3 is 0 Å². The normalized spacial score (nSPS) is 19.7. The number of fused-ring (bicyclic) bond motifs is 1. The van der Waals surface area contributed by atoms with Crippen LogP contribution >= 0.6 is 0 Å².